The van der Waals surface area contributed by atoms with E-state index < -0.39 is 0 Å². The van der Waals surface area contributed by atoms with Crippen LogP contribution < -0.4 is 5.32 Å². The lowest BCUT2D eigenvalue weighted by Crippen LogP contribution is -2.07. The molecule has 0 heterocycles. The van der Waals surface area contributed by atoms with E-state index in [0.29, 0.717) is 5.56 Å². The van der Waals surface area contributed by atoms with Crippen LogP contribution in [0.25, 0.3) is 0 Å². The van der Waals surface area contributed by atoms with Crippen molar-refractivity contribution in [3.8, 4) is 0 Å². The molecule has 0 fully saturated rings. The quantitative estimate of drug-likeness (QED) is 0.862. The first-order valence-electron chi connectivity index (χ1n) is 7.00. The molecule has 0 spiro atoms. The number of benzene rings is 2. The van der Waals surface area contributed by atoms with Crippen LogP contribution in [0.5, 0.6) is 0 Å². The highest BCUT2D eigenvalue weighted by atomic mass is 16.5. The molecule has 0 unspecified atom stereocenters. The number of hydrogen-bond acceptors (Lipinski definition) is 3. The Kier molecular flexibility index (Phi) is 4.63. The van der Waals surface area contributed by atoms with Gasteiger partial charge < -0.3 is 10.1 Å². The highest BCUT2D eigenvalue weighted by Crippen LogP contribution is 2.21. The number of nitrogens with one attached hydrogen (secondary N) is 1. The van der Waals surface area contributed by atoms with Crippen molar-refractivity contribution in [2.75, 3.05) is 12.4 Å². The van der Waals surface area contributed by atoms with Crippen LogP contribution in [0.4, 0.5) is 5.69 Å². The Bertz CT molecular complexity index is 642. The number of rotatable bonds is 4. The summed E-state index contributed by atoms with van der Waals surface area (Å²) in [5, 5.41) is 3.40. The monoisotopic (exact) mass is 283 g/mol. The molecule has 0 saturated carbocycles. The Morgan fingerprint density at radius 1 is 1.10 bits per heavy atom. The summed E-state index contributed by atoms with van der Waals surface area (Å²) < 4.78 is 4.80. The first-order valence-corrected chi connectivity index (χ1v) is 7.00. The second-order valence-corrected chi connectivity index (χ2v) is 5.32. The highest BCUT2D eigenvalue weighted by molar-refractivity contribution is 5.92. The summed E-state index contributed by atoms with van der Waals surface area (Å²) in [6.45, 7) is 6.85. The number of esters is 1. The maximum atomic E-state index is 11.7. The van der Waals surface area contributed by atoms with Crippen molar-refractivity contribution in [3.05, 3.63) is 64.2 Å². The zero-order valence-corrected chi connectivity index (χ0v) is 13.0. The van der Waals surface area contributed by atoms with E-state index in [-0.39, 0.29) is 5.97 Å². The van der Waals surface area contributed by atoms with Crippen molar-refractivity contribution < 1.29 is 9.53 Å². The molecular formula is C18H21NO2. The van der Waals surface area contributed by atoms with Crippen molar-refractivity contribution in [2.45, 2.75) is 27.3 Å². The van der Waals surface area contributed by atoms with Crippen molar-refractivity contribution in [1.82, 2.24) is 0 Å². The van der Waals surface area contributed by atoms with Gasteiger partial charge in [-0.15, -0.1) is 0 Å². The predicted molar refractivity (Wildman–Crippen MR) is 85.8 cm³/mol. The van der Waals surface area contributed by atoms with Crippen LogP contribution in [0.2, 0.25) is 0 Å². The number of ether oxygens (including phenoxy) is 1. The number of carbonyl (C=O) groups is 1. The molecule has 0 bridgehead atoms. The molecular weight excluding hydrogens is 262 g/mol. The summed E-state index contributed by atoms with van der Waals surface area (Å²) in [4.78, 5) is 11.7. The van der Waals surface area contributed by atoms with Crippen molar-refractivity contribution in [2.24, 2.45) is 0 Å². The normalized spacial score (nSPS) is 10.3. The number of carbonyl (C=O) groups excluding carboxylic acids is 1. The Morgan fingerprint density at radius 3 is 2.38 bits per heavy atom. The molecule has 0 aliphatic carbocycles. The highest BCUT2D eigenvalue weighted by Gasteiger charge is 2.11. The lowest BCUT2D eigenvalue weighted by atomic mass is 10.1. The minimum absolute atomic E-state index is 0.303. The zero-order valence-electron chi connectivity index (χ0n) is 13.0. The summed E-state index contributed by atoms with van der Waals surface area (Å²) in [6.07, 6.45) is 0. The molecule has 0 aliphatic heterocycles. The lowest BCUT2D eigenvalue weighted by Gasteiger charge is -2.13. The fourth-order valence-corrected chi connectivity index (χ4v) is 2.53. The van der Waals surface area contributed by atoms with Gasteiger partial charge in [0.15, 0.2) is 0 Å². The molecule has 21 heavy (non-hydrogen) atoms. The van der Waals surface area contributed by atoms with Gasteiger partial charge in [0.2, 0.25) is 0 Å². The van der Waals surface area contributed by atoms with Gasteiger partial charge in [-0.25, -0.2) is 4.79 Å². The summed E-state index contributed by atoms with van der Waals surface area (Å²) in [5.41, 5.74) is 6.21. The number of hydrogen-bond donors (Lipinski definition) is 1. The Balaban J connectivity index is 2.18. The van der Waals surface area contributed by atoms with Gasteiger partial charge in [0, 0.05) is 12.2 Å². The Hall–Kier alpha value is -2.29. The topological polar surface area (TPSA) is 38.3 Å². The molecule has 0 aromatic heterocycles. The minimum Gasteiger partial charge on any atom is -0.465 e. The number of aryl methyl sites for hydroxylation is 2. The average Bonchev–Trinajstić information content (AvgIpc) is 2.44. The molecule has 0 saturated heterocycles. The third-order valence-electron chi connectivity index (χ3n) is 3.50. The molecule has 2 aromatic rings. The molecule has 3 nitrogen and oxygen atoms in total. The zero-order chi connectivity index (χ0) is 15.4. The van der Waals surface area contributed by atoms with Crippen LogP contribution in [0.15, 0.2) is 36.4 Å². The van der Waals surface area contributed by atoms with Gasteiger partial charge >= 0.3 is 5.97 Å². The fourth-order valence-electron chi connectivity index (χ4n) is 2.53. The number of anilines is 1. The second-order valence-electron chi connectivity index (χ2n) is 5.32. The van der Waals surface area contributed by atoms with E-state index in [4.69, 9.17) is 4.74 Å². The molecule has 2 rings (SSSR count). The Labute approximate surface area is 126 Å². The minimum atomic E-state index is -0.303. The third kappa shape index (κ3) is 3.63. The lowest BCUT2D eigenvalue weighted by molar-refractivity contribution is 0.0600. The number of methoxy groups -OCH3 is 1. The van der Waals surface area contributed by atoms with E-state index in [2.05, 4.69) is 37.4 Å². The molecule has 0 atom stereocenters. The fraction of sp³-hybridized carbons (Fsp3) is 0.278. The van der Waals surface area contributed by atoms with E-state index in [9.17, 15) is 4.79 Å². The van der Waals surface area contributed by atoms with Crippen LogP contribution in [-0.4, -0.2) is 13.1 Å². The van der Waals surface area contributed by atoms with Crippen molar-refractivity contribution >= 4 is 11.7 Å². The van der Waals surface area contributed by atoms with Crippen molar-refractivity contribution in [1.29, 1.82) is 0 Å². The molecule has 2 aromatic carbocycles. The maximum Gasteiger partial charge on any atom is 0.338 e. The van der Waals surface area contributed by atoms with Gasteiger partial charge in [-0.2, -0.15) is 0 Å². The van der Waals surface area contributed by atoms with Gasteiger partial charge in [-0.05, 0) is 44.0 Å². The summed E-state index contributed by atoms with van der Waals surface area (Å²) in [6, 6.07) is 12.1. The SMILES string of the molecule is COC(=O)c1cccc(NCc2cc(C)cc(C)c2)c1C. The second kappa shape index (κ2) is 6.44. The molecule has 0 aliphatic rings. The summed E-state index contributed by atoms with van der Waals surface area (Å²) in [7, 11) is 1.40. The van der Waals surface area contributed by atoms with E-state index >= 15 is 0 Å². The van der Waals surface area contributed by atoms with E-state index in [1.165, 1.54) is 23.8 Å². The average molecular weight is 283 g/mol. The van der Waals surface area contributed by atoms with Gasteiger partial charge in [0.05, 0.1) is 12.7 Å². The van der Waals surface area contributed by atoms with Crippen LogP contribution in [0.3, 0.4) is 0 Å². The van der Waals surface area contributed by atoms with Crippen LogP contribution in [0.1, 0.15) is 32.6 Å². The summed E-state index contributed by atoms with van der Waals surface area (Å²) >= 11 is 0. The van der Waals surface area contributed by atoms with E-state index in [1.54, 1.807) is 6.07 Å². The smallest absolute Gasteiger partial charge is 0.338 e. The molecule has 0 radical (unpaired) electrons. The molecule has 110 valence electrons. The van der Waals surface area contributed by atoms with Gasteiger partial charge in [0.1, 0.15) is 0 Å². The van der Waals surface area contributed by atoms with E-state index in [0.717, 1.165) is 17.8 Å². The largest absolute Gasteiger partial charge is 0.465 e. The van der Waals surface area contributed by atoms with Crippen LogP contribution in [-0.2, 0) is 11.3 Å². The van der Waals surface area contributed by atoms with Gasteiger partial charge in [-0.1, -0.05) is 35.4 Å². The van der Waals surface area contributed by atoms with E-state index in [1.807, 2.05) is 19.1 Å². The summed E-state index contributed by atoms with van der Waals surface area (Å²) in [5.74, 6) is -0.303. The standard InChI is InChI=1S/C18H21NO2/c1-12-8-13(2)10-15(9-12)11-19-17-7-5-6-16(14(17)3)18(20)21-4/h5-10,19H,11H2,1-4H3. The first kappa shape index (κ1) is 15.1. The van der Waals surface area contributed by atoms with Crippen molar-refractivity contribution in [3.63, 3.8) is 0 Å². The first-order chi connectivity index (χ1) is 10.0. The maximum absolute atomic E-state index is 11.7. The van der Waals surface area contributed by atoms with Crippen LogP contribution >= 0.6 is 0 Å². The van der Waals surface area contributed by atoms with Crippen LogP contribution in [0, 0.1) is 20.8 Å². The molecule has 1 N–H and O–H groups in total. The third-order valence-corrected chi connectivity index (χ3v) is 3.50. The van der Waals surface area contributed by atoms with Gasteiger partial charge in [-0.3, -0.25) is 0 Å². The predicted octanol–water partition coefficient (Wildman–Crippen LogP) is 4.01. The molecule has 3 heteroatoms. The molecule has 0 amide bonds. The van der Waals surface area contributed by atoms with Gasteiger partial charge in [0.25, 0.3) is 0 Å². The Morgan fingerprint density at radius 2 is 1.76 bits per heavy atom.